The molecule has 0 saturated carbocycles. The highest BCUT2D eigenvalue weighted by Gasteiger charge is 2.40. The van der Waals surface area contributed by atoms with Crippen LogP contribution in [0.25, 0.3) is 0 Å². The van der Waals surface area contributed by atoms with E-state index in [-0.39, 0.29) is 5.54 Å². The van der Waals surface area contributed by atoms with Crippen LogP contribution in [0.15, 0.2) is 24.3 Å². The fourth-order valence-electron chi connectivity index (χ4n) is 3.84. The topological polar surface area (TPSA) is 32.5 Å². The van der Waals surface area contributed by atoms with Crippen LogP contribution >= 0.6 is 0 Å². The lowest BCUT2D eigenvalue weighted by Gasteiger charge is -2.51. The fraction of sp³-hybridized carbons (Fsp3) is 0.647. The Hall–Kier alpha value is -0.900. The third-order valence-electron chi connectivity index (χ3n) is 5.51. The molecule has 20 heavy (non-hydrogen) atoms. The average Bonchev–Trinajstić information content (AvgIpc) is 2.49. The van der Waals surface area contributed by atoms with Crippen LogP contribution in [0.1, 0.15) is 24.5 Å². The fourth-order valence-corrected chi connectivity index (χ4v) is 3.84. The Bertz CT molecular complexity index is 473. The SMILES string of the molecule is CC1CN(C2(CN)CCc3ccccc3C2)CCN1C. The summed E-state index contributed by atoms with van der Waals surface area (Å²) in [5, 5.41) is 0. The zero-order chi connectivity index (χ0) is 14.2. The first-order chi connectivity index (χ1) is 9.64. The van der Waals surface area contributed by atoms with Gasteiger partial charge in [-0.15, -0.1) is 0 Å². The maximum Gasteiger partial charge on any atom is 0.0376 e. The van der Waals surface area contributed by atoms with Gasteiger partial charge in [-0.05, 0) is 44.4 Å². The molecule has 1 fully saturated rings. The summed E-state index contributed by atoms with van der Waals surface area (Å²) in [5.74, 6) is 0. The van der Waals surface area contributed by atoms with E-state index in [1.165, 1.54) is 24.0 Å². The molecule has 1 aromatic rings. The molecule has 2 atom stereocenters. The number of aryl methyl sites for hydroxylation is 1. The zero-order valence-corrected chi connectivity index (χ0v) is 12.8. The monoisotopic (exact) mass is 273 g/mol. The van der Waals surface area contributed by atoms with E-state index >= 15 is 0 Å². The first-order valence-corrected chi connectivity index (χ1v) is 7.87. The summed E-state index contributed by atoms with van der Waals surface area (Å²) in [7, 11) is 2.23. The number of likely N-dealkylation sites (N-methyl/N-ethyl adjacent to an activating group) is 1. The number of rotatable bonds is 2. The summed E-state index contributed by atoms with van der Waals surface area (Å²) in [6.07, 6.45) is 3.50. The molecule has 0 aromatic heterocycles. The lowest BCUT2D eigenvalue weighted by Crippen LogP contribution is -2.63. The van der Waals surface area contributed by atoms with Crippen LogP contribution in [0.2, 0.25) is 0 Å². The maximum absolute atomic E-state index is 6.25. The van der Waals surface area contributed by atoms with E-state index in [2.05, 4.69) is 48.0 Å². The zero-order valence-electron chi connectivity index (χ0n) is 12.8. The van der Waals surface area contributed by atoms with E-state index in [4.69, 9.17) is 5.73 Å². The third kappa shape index (κ3) is 2.39. The molecule has 1 aliphatic carbocycles. The second-order valence-electron chi connectivity index (χ2n) is 6.65. The predicted molar refractivity (Wildman–Crippen MR) is 83.9 cm³/mol. The molecule has 1 saturated heterocycles. The Morgan fingerprint density at radius 2 is 2.00 bits per heavy atom. The van der Waals surface area contributed by atoms with Gasteiger partial charge in [0.1, 0.15) is 0 Å². The summed E-state index contributed by atoms with van der Waals surface area (Å²) in [6, 6.07) is 9.52. The molecule has 0 amide bonds. The molecule has 0 spiro atoms. The molecule has 1 heterocycles. The minimum absolute atomic E-state index is 0.184. The van der Waals surface area contributed by atoms with Gasteiger partial charge >= 0.3 is 0 Å². The van der Waals surface area contributed by atoms with E-state index < -0.39 is 0 Å². The molecular formula is C17H27N3. The molecule has 110 valence electrons. The quantitative estimate of drug-likeness (QED) is 0.886. The first-order valence-electron chi connectivity index (χ1n) is 7.87. The van der Waals surface area contributed by atoms with Crippen molar-refractivity contribution in [2.75, 3.05) is 33.2 Å². The van der Waals surface area contributed by atoms with Crippen molar-refractivity contribution in [3.8, 4) is 0 Å². The Morgan fingerprint density at radius 3 is 2.70 bits per heavy atom. The predicted octanol–water partition coefficient (Wildman–Crippen LogP) is 1.51. The normalized spacial score (nSPS) is 32.0. The van der Waals surface area contributed by atoms with Crippen molar-refractivity contribution in [2.45, 2.75) is 37.8 Å². The van der Waals surface area contributed by atoms with Crippen molar-refractivity contribution in [1.82, 2.24) is 9.80 Å². The Labute approximate surface area is 122 Å². The second kappa shape index (κ2) is 5.47. The summed E-state index contributed by atoms with van der Waals surface area (Å²) < 4.78 is 0. The Balaban J connectivity index is 1.83. The van der Waals surface area contributed by atoms with Crippen molar-refractivity contribution in [1.29, 1.82) is 0 Å². The van der Waals surface area contributed by atoms with E-state index in [0.717, 1.165) is 32.6 Å². The molecule has 3 rings (SSSR count). The van der Waals surface area contributed by atoms with Gasteiger partial charge in [-0.3, -0.25) is 4.90 Å². The number of hydrogen-bond acceptors (Lipinski definition) is 3. The standard InChI is InChI=1S/C17H27N3/c1-14-12-20(10-9-19(14)2)17(13-18)8-7-15-5-3-4-6-16(15)11-17/h3-6,14H,7-13,18H2,1-2H3. The van der Waals surface area contributed by atoms with E-state index in [0.29, 0.717) is 6.04 Å². The number of benzene rings is 1. The Morgan fingerprint density at radius 1 is 1.25 bits per heavy atom. The highest BCUT2D eigenvalue weighted by molar-refractivity contribution is 5.32. The van der Waals surface area contributed by atoms with Gasteiger partial charge < -0.3 is 10.6 Å². The van der Waals surface area contributed by atoms with Gasteiger partial charge in [0.05, 0.1) is 0 Å². The molecule has 3 nitrogen and oxygen atoms in total. The molecule has 0 bridgehead atoms. The number of hydrogen-bond donors (Lipinski definition) is 1. The summed E-state index contributed by atoms with van der Waals surface area (Å²) >= 11 is 0. The lowest BCUT2D eigenvalue weighted by atomic mass is 9.76. The van der Waals surface area contributed by atoms with E-state index in [9.17, 15) is 0 Å². The number of fused-ring (bicyclic) bond motifs is 1. The number of nitrogens with zero attached hydrogens (tertiary/aromatic N) is 2. The minimum Gasteiger partial charge on any atom is -0.329 e. The molecule has 3 heteroatoms. The lowest BCUT2D eigenvalue weighted by molar-refractivity contribution is 0.0103. The maximum atomic E-state index is 6.25. The van der Waals surface area contributed by atoms with Crippen molar-refractivity contribution < 1.29 is 0 Å². The smallest absolute Gasteiger partial charge is 0.0376 e. The summed E-state index contributed by atoms with van der Waals surface area (Å²) in [5.41, 5.74) is 9.47. The molecule has 2 N–H and O–H groups in total. The molecule has 1 aromatic carbocycles. The molecular weight excluding hydrogens is 246 g/mol. The highest BCUT2D eigenvalue weighted by atomic mass is 15.3. The summed E-state index contributed by atoms with van der Waals surface area (Å²) in [6.45, 7) is 6.56. The van der Waals surface area contributed by atoms with Gasteiger partial charge in [0.15, 0.2) is 0 Å². The van der Waals surface area contributed by atoms with Gasteiger partial charge in [-0.25, -0.2) is 0 Å². The highest BCUT2D eigenvalue weighted by Crippen LogP contribution is 2.34. The van der Waals surface area contributed by atoms with Gasteiger partial charge in [-0.2, -0.15) is 0 Å². The number of nitrogens with two attached hydrogens (primary N) is 1. The van der Waals surface area contributed by atoms with Crippen molar-refractivity contribution in [3.05, 3.63) is 35.4 Å². The number of piperazine rings is 1. The van der Waals surface area contributed by atoms with Crippen LogP contribution in [0.3, 0.4) is 0 Å². The van der Waals surface area contributed by atoms with Crippen LogP contribution in [-0.2, 0) is 12.8 Å². The summed E-state index contributed by atoms with van der Waals surface area (Å²) in [4.78, 5) is 5.13. The van der Waals surface area contributed by atoms with Crippen LogP contribution in [0, 0.1) is 0 Å². The van der Waals surface area contributed by atoms with Gasteiger partial charge in [0.2, 0.25) is 0 Å². The van der Waals surface area contributed by atoms with Crippen molar-refractivity contribution in [2.24, 2.45) is 5.73 Å². The molecule has 0 radical (unpaired) electrons. The average molecular weight is 273 g/mol. The van der Waals surface area contributed by atoms with E-state index in [1.54, 1.807) is 0 Å². The van der Waals surface area contributed by atoms with Crippen molar-refractivity contribution >= 4 is 0 Å². The van der Waals surface area contributed by atoms with Crippen LogP contribution in [0.5, 0.6) is 0 Å². The van der Waals surface area contributed by atoms with Gasteiger partial charge in [0, 0.05) is 37.8 Å². The molecule has 2 aliphatic rings. The Kier molecular flexibility index (Phi) is 3.85. The largest absolute Gasteiger partial charge is 0.329 e. The van der Waals surface area contributed by atoms with Crippen LogP contribution < -0.4 is 5.73 Å². The third-order valence-corrected chi connectivity index (χ3v) is 5.51. The molecule has 2 unspecified atom stereocenters. The van der Waals surface area contributed by atoms with Gasteiger partial charge in [0.25, 0.3) is 0 Å². The van der Waals surface area contributed by atoms with E-state index in [1.807, 2.05) is 0 Å². The first kappa shape index (κ1) is 14.1. The second-order valence-corrected chi connectivity index (χ2v) is 6.65. The van der Waals surface area contributed by atoms with Crippen LogP contribution in [-0.4, -0.2) is 54.6 Å². The van der Waals surface area contributed by atoms with Gasteiger partial charge in [-0.1, -0.05) is 24.3 Å². The minimum atomic E-state index is 0.184. The van der Waals surface area contributed by atoms with Crippen LogP contribution in [0.4, 0.5) is 0 Å². The van der Waals surface area contributed by atoms with Crippen molar-refractivity contribution in [3.63, 3.8) is 0 Å². The molecule has 1 aliphatic heterocycles.